The Bertz CT molecular complexity index is 666. The second-order valence-electron chi connectivity index (χ2n) is 4.20. The molecule has 0 aliphatic carbocycles. The number of benzene rings is 1. The average molecular weight is 242 g/mol. The van der Waals surface area contributed by atoms with Gasteiger partial charge in [0.15, 0.2) is 5.78 Å². The summed E-state index contributed by atoms with van der Waals surface area (Å²) in [5.41, 5.74) is 1.74. The number of hydrogen-bond acceptors (Lipinski definition) is 4. The van der Waals surface area contributed by atoms with Gasteiger partial charge in [0.25, 0.3) is 0 Å². The van der Waals surface area contributed by atoms with E-state index >= 15 is 0 Å². The first-order chi connectivity index (χ1) is 8.68. The average Bonchev–Trinajstić information content (AvgIpc) is 2.38. The van der Waals surface area contributed by atoms with E-state index in [1.165, 1.54) is 0 Å². The smallest absolute Gasteiger partial charge is 0.316 e. The van der Waals surface area contributed by atoms with Crippen LogP contribution in [0.3, 0.4) is 0 Å². The number of carbonyl (C=O) groups excluding carboxylic acids is 1. The SMILES string of the molecule is O=C(O)C1CNc2c(ccc3cccnc23)C1=O. The normalized spacial score (nSPS) is 18.2. The number of carbonyl (C=O) groups is 2. The second kappa shape index (κ2) is 3.80. The first-order valence-electron chi connectivity index (χ1n) is 5.57. The maximum Gasteiger partial charge on any atom is 0.316 e. The molecule has 5 heteroatoms. The van der Waals surface area contributed by atoms with Crippen LogP contribution in [0.15, 0.2) is 30.5 Å². The van der Waals surface area contributed by atoms with Gasteiger partial charge in [0.1, 0.15) is 5.92 Å². The summed E-state index contributed by atoms with van der Waals surface area (Å²) in [6, 6.07) is 7.16. The number of aromatic nitrogens is 1. The molecule has 0 amide bonds. The standard InChI is InChI=1S/C13H10N2O3/c16-12-8-4-3-7-2-1-5-14-10(7)11(8)15-6-9(12)13(17)18/h1-5,9,15H,6H2,(H,17,18). The summed E-state index contributed by atoms with van der Waals surface area (Å²) in [5.74, 6) is -2.47. The number of carboxylic acids is 1. The lowest BCUT2D eigenvalue weighted by Crippen LogP contribution is -2.35. The van der Waals surface area contributed by atoms with E-state index in [4.69, 9.17) is 5.11 Å². The van der Waals surface area contributed by atoms with Gasteiger partial charge in [0.05, 0.1) is 11.2 Å². The molecular formula is C13H10N2O3. The number of Topliss-reactive ketones (excluding diaryl/α,β-unsaturated/α-hetero) is 1. The summed E-state index contributed by atoms with van der Waals surface area (Å²) in [6.45, 7) is 0.108. The predicted octanol–water partition coefficient (Wildman–Crippen LogP) is 1.54. The second-order valence-corrected chi connectivity index (χ2v) is 4.20. The molecule has 18 heavy (non-hydrogen) atoms. The lowest BCUT2D eigenvalue weighted by Gasteiger charge is -2.23. The van der Waals surface area contributed by atoms with Crippen LogP contribution >= 0.6 is 0 Å². The van der Waals surface area contributed by atoms with Gasteiger partial charge in [-0.25, -0.2) is 0 Å². The summed E-state index contributed by atoms with van der Waals surface area (Å²) in [7, 11) is 0. The summed E-state index contributed by atoms with van der Waals surface area (Å²) >= 11 is 0. The van der Waals surface area contributed by atoms with Crippen LogP contribution in [-0.4, -0.2) is 28.4 Å². The molecule has 90 valence electrons. The van der Waals surface area contributed by atoms with E-state index in [1.54, 1.807) is 18.3 Å². The number of anilines is 1. The Morgan fingerprint density at radius 2 is 2.22 bits per heavy atom. The third-order valence-corrected chi connectivity index (χ3v) is 3.14. The van der Waals surface area contributed by atoms with Crippen LogP contribution in [0.5, 0.6) is 0 Å². The number of aliphatic carboxylic acids is 1. The highest BCUT2D eigenvalue weighted by Crippen LogP contribution is 2.31. The Balaban J connectivity index is 2.21. The van der Waals surface area contributed by atoms with Crippen LogP contribution in [0, 0.1) is 5.92 Å². The largest absolute Gasteiger partial charge is 0.481 e. The molecule has 2 N–H and O–H groups in total. The van der Waals surface area contributed by atoms with Gasteiger partial charge in [0.2, 0.25) is 0 Å². The predicted molar refractivity (Wildman–Crippen MR) is 65.7 cm³/mol. The molecule has 0 bridgehead atoms. The Hall–Kier alpha value is -2.43. The molecule has 3 rings (SSSR count). The topological polar surface area (TPSA) is 79.3 Å². The summed E-state index contributed by atoms with van der Waals surface area (Å²) in [5, 5.41) is 12.9. The van der Waals surface area contributed by atoms with E-state index in [0.29, 0.717) is 16.8 Å². The summed E-state index contributed by atoms with van der Waals surface area (Å²) < 4.78 is 0. The lowest BCUT2D eigenvalue weighted by atomic mass is 9.91. The van der Waals surface area contributed by atoms with Crippen molar-refractivity contribution in [3.63, 3.8) is 0 Å². The number of nitrogens with one attached hydrogen (secondary N) is 1. The van der Waals surface area contributed by atoms with Gasteiger partial charge in [-0.15, -0.1) is 0 Å². The molecule has 1 aromatic heterocycles. The number of carboxylic acid groups (broad SMARTS) is 1. The third-order valence-electron chi connectivity index (χ3n) is 3.14. The van der Waals surface area contributed by atoms with Gasteiger partial charge >= 0.3 is 5.97 Å². The van der Waals surface area contributed by atoms with Crippen molar-refractivity contribution in [2.75, 3.05) is 11.9 Å². The summed E-state index contributed by atoms with van der Waals surface area (Å²) in [4.78, 5) is 27.3. The highest BCUT2D eigenvalue weighted by Gasteiger charge is 2.33. The Morgan fingerprint density at radius 3 is 3.00 bits per heavy atom. The molecule has 0 fully saturated rings. The van der Waals surface area contributed by atoms with E-state index in [1.807, 2.05) is 12.1 Å². The molecule has 1 atom stereocenters. The fourth-order valence-corrected chi connectivity index (χ4v) is 2.21. The van der Waals surface area contributed by atoms with E-state index < -0.39 is 11.9 Å². The summed E-state index contributed by atoms with van der Waals surface area (Å²) in [6.07, 6.45) is 1.65. The maximum absolute atomic E-state index is 12.1. The molecular weight excluding hydrogens is 232 g/mol. The maximum atomic E-state index is 12.1. The van der Waals surface area contributed by atoms with Crippen LogP contribution < -0.4 is 5.32 Å². The minimum absolute atomic E-state index is 0.108. The lowest BCUT2D eigenvalue weighted by molar-refractivity contribution is -0.139. The van der Waals surface area contributed by atoms with Crippen LogP contribution in [0.1, 0.15) is 10.4 Å². The van der Waals surface area contributed by atoms with E-state index in [-0.39, 0.29) is 12.3 Å². The molecule has 1 aromatic carbocycles. The molecule has 5 nitrogen and oxygen atoms in total. The Labute approximate surface area is 102 Å². The highest BCUT2D eigenvalue weighted by atomic mass is 16.4. The van der Waals surface area contributed by atoms with Crippen molar-refractivity contribution in [1.29, 1.82) is 0 Å². The molecule has 1 aliphatic rings. The minimum atomic E-state index is -1.10. The van der Waals surface area contributed by atoms with Crippen molar-refractivity contribution in [3.05, 3.63) is 36.0 Å². The molecule has 0 saturated carbocycles. The van der Waals surface area contributed by atoms with Crippen LogP contribution in [-0.2, 0) is 4.79 Å². The monoisotopic (exact) mass is 242 g/mol. The van der Waals surface area contributed by atoms with E-state index in [0.717, 1.165) is 5.39 Å². The highest BCUT2D eigenvalue weighted by molar-refractivity contribution is 6.16. The van der Waals surface area contributed by atoms with E-state index in [2.05, 4.69) is 10.3 Å². The first-order valence-corrected chi connectivity index (χ1v) is 5.57. The van der Waals surface area contributed by atoms with Crippen LogP contribution in [0.25, 0.3) is 10.9 Å². The van der Waals surface area contributed by atoms with Gasteiger partial charge in [-0.1, -0.05) is 12.1 Å². The fourth-order valence-electron chi connectivity index (χ4n) is 2.21. The zero-order valence-electron chi connectivity index (χ0n) is 9.38. The number of hydrogen-bond donors (Lipinski definition) is 2. The molecule has 1 aliphatic heterocycles. The molecule has 0 radical (unpaired) electrons. The number of rotatable bonds is 1. The quantitative estimate of drug-likeness (QED) is 0.741. The molecule has 0 spiro atoms. The van der Waals surface area contributed by atoms with Crippen molar-refractivity contribution in [2.45, 2.75) is 0 Å². The molecule has 2 aromatic rings. The van der Waals surface area contributed by atoms with Gasteiger partial charge in [-0.2, -0.15) is 0 Å². The van der Waals surface area contributed by atoms with Crippen molar-refractivity contribution in [1.82, 2.24) is 4.98 Å². The first kappa shape index (κ1) is 10.7. The fraction of sp³-hybridized carbons (Fsp3) is 0.154. The Morgan fingerprint density at radius 1 is 1.39 bits per heavy atom. The van der Waals surface area contributed by atoms with Gasteiger partial charge < -0.3 is 10.4 Å². The zero-order valence-corrected chi connectivity index (χ0v) is 9.38. The van der Waals surface area contributed by atoms with Crippen LogP contribution in [0.4, 0.5) is 5.69 Å². The third kappa shape index (κ3) is 1.44. The van der Waals surface area contributed by atoms with Crippen molar-refractivity contribution >= 4 is 28.3 Å². The molecule has 2 heterocycles. The van der Waals surface area contributed by atoms with Gasteiger partial charge in [0, 0.05) is 23.7 Å². The Kier molecular flexibility index (Phi) is 2.26. The van der Waals surface area contributed by atoms with Crippen molar-refractivity contribution < 1.29 is 14.7 Å². The zero-order chi connectivity index (χ0) is 12.7. The van der Waals surface area contributed by atoms with Crippen molar-refractivity contribution in [2.24, 2.45) is 5.92 Å². The van der Waals surface area contributed by atoms with Crippen LogP contribution in [0.2, 0.25) is 0 Å². The number of ketones is 1. The molecule has 1 unspecified atom stereocenters. The number of nitrogens with zero attached hydrogens (tertiary/aromatic N) is 1. The van der Waals surface area contributed by atoms with Crippen molar-refractivity contribution in [3.8, 4) is 0 Å². The molecule has 0 saturated heterocycles. The minimum Gasteiger partial charge on any atom is -0.481 e. The van der Waals surface area contributed by atoms with E-state index in [9.17, 15) is 9.59 Å². The van der Waals surface area contributed by atoms with Gasteiger partial charge in [-0.3, -0.25) is 14.6 Å². The van der Waals surface area contributed by atoms with Gasteiger partial charge in [-0.05, 0) is 12.1 Å². The number of fused-ring (bicyclic) bond motifs is 3. The number of pyridine rings is 1.